The van der Waals surface area contributed by atoms with Gasteiger partial charge in [-0.1, -0.05) is 12.8 Å². The molecule has 2 rings (SSSR count). The predicted octanol–water partition coefficient (Wildman–Crippen LogP) is 2.84. The van der Waals surface area contributed by atoms with Crippen molar-refractivity contribution in [3.63, 3.8) is 0 Å². The van der Waals surface area contributed by atoms with Crippen LogP contribution < -0.4 is 0 Å². The summed E-state index contributed by atoms with van der Waals surface area (Å²) in [7, 11) is 0. The number of aliphatic hydroxyl groups excluding tert-OH is 1. The minimum Gasteiger partial charge on any atom is -0.393 e. The van der Waals surface area contributed by atoms with Crippen molar-refractivity contribution in [1.82, 2.24) is 0 Å². The van der Waals surface area contributed by atoms with E-state index in [1.165, 1.54) is 25.7 Å². The van der Waals surface area contributed by atoms with E-state index in [0.717, 1.165) is 31.6 Å². The zero-order valence-electron chi connectivity index (χ0n) is 10.3. The van der Waals surface area contributed by atoms with Gasteiger partial charge in [-0.25, -0.2) is 0 Å². The largest absolute Gasteiger partial charge is 0.393 e. The quantitative estimate of drug-likeness (QED) is 0.824. The molecule has 1 saturated heterocycles. The van der Waals surface area contributed by atoms with E-state index >= 15 is 0 Å². The fourth-order valence-corrected chi connectivity index (χ4v) is 3.71. The summed E-state index contributed by atoms with van der Waals surface area (Å²) in [4.78, 5) is 0. The zero-order valence-corrected chi connectivity index (χ0v) is 11.1. The Morgan fingerprint density at radius 1 is 1.44 bits per heavy atom. The normalized spacial score (nSPS) is 30.8. The molecule has 0 aromatic carbocycles. The Balaban J connectivity index is 1.85. The lowest BCUT2D eigenvalue weighted by Gasteiger charge is -2.40. The Kier molecular flexibility index (Phi) is 4.57. The Morgan fingerprint density at radius 2 is 2.19 bits per heavy atom. The van der Waals surface area contributed by atoms with Gasteiger partial charge in [0.2, 0.25) is 0 Å². The smallest absolute Gasteiger partial charge is 0.0686 e. The second-order valence-corrected chi connectivity index (χ2v) is 6.33. The summed E-state index contributed by atoms with van der Waals surface area (Å²) in [5.74, 6) is 1.56. The highest BCUT2D eigenvalue weighted by Gasteiger charge is 2.41. The van der Waals surface area contributed by atoms with Crippen LogP contribution in [0.5, 0.6) is 0 Å². The molecule has 0 aromatic rings. The maximum atomic E-state index is 10.2. The molecule has 94 valence electrons. The first-order valence-electron chi connectivity index (χ1n) is 6.57. The molecular formula is C13H24O2S. The van der Waals surface area contributed by atoms with Gasteiger partial charge in [0, 0.05) is 6.61 Å². The van der Waals surface area contributed by atoms with Gasteiger partial charge in [-0.2, -0.15) is 11.8 Å². The Hall–Kier alpha value is 0.270. The Labute approximate surface area is 103 Å². The second-order valence-electron chi connectivity index (χ2n) is 5.34. The average Bonchev–Trinajstić information content (AvgIpc) is 2.74. The summed E-state index contributed by atoms with van der Waals surface area (Å²) in [6, 6.07) is 0. The molecule has 1 spiro atoms. The van der Waals surface area contributed by atoms with Gasteiger partial charge < -0.3 is 9.84 Å². The van der Waals surface area contributed by atoms with Gasteiger partial charge in [0.25, 0.3) is 0 Å². The first kappa shape index (κ1) is 12.7. The van der Waals surface area contributed by atoms with Gasteiger partial charge in [0.1, 0.15) is 0 Å². The van der Waals surface area contributed by atoms with Gasteiger partial charge in [0.15, 0.2) is 0 Å². The van der Waals surface area contributed by atoms with Crippen molar-refractivity contribution in [1.29, 1.82) is 0 Å². The SMILES string of the molecule is CSCCC(O)C1CCOC2(CCCC2)C1. The summed E-state index contributed by atoms with van der Waals surface area (Å²) in [6.45, 7) is 0.862. The predicted molar refractivity (Wildman–Crippen MR) is 68.9 cm³/mol. The van der Waals surface area contributed by atoms with Crippen LogP contribution >= 0.6 is 11.8 Å². The van der Waals surface area contributed by atoms with Crippen molar-refractivity contribution in [2.75, 3.05) is 18.6 Å². The maximum Gasteiger partial charge on any atom is 0.0686 e. The lowest BCUT2D eigenvalue weighted by Crippen LogP contribution is -2.41. The zero-order chi connectivity index (χ0) is 11.4. The summed E-state index contributed by atoms with van der Waals surface area (Å²) >= 11 is 1.83. The number of ether oxygens (including phenoxy) is 1. The van der Waals surface area contributed by atoms with Crippen molar-refractivity contribution in [3.05, 3.63) is 0 Å². The molecule has 0 bridgehead atoms. The highest BCUT2D eigenvalue weighted by molar-refractivity contribution is 7.98. The molecule has 2 aliphatic rings. The number of hydrogen-bond acceptors (Lipinski definition) is 3. The Morgan fingerprint density at radius 3 is 2.88 bits per heavy atom. The van der Waals surface area contributed by atoms with Gasteiger partial charge in [-0.15, -0.1) is 0 Å². The fourth-order valence-electron chi connectivity index (χ4n) is 3.24. The number of thioether (sulfide) groups is 1. The molecule has 2 nitrogen and oxygen atoms in total. The number of hydrogen-bond donors (Lipinski definition) is 1. The fraction of sp³-hybridized carbons (Fsp3) is 1.00. The first-order valence-corrected chi connectivity index (χ1v) is 7.96. The van der Waals surface area contributed by atoms with Gasteiger partial charge in [-0.05, 0) is 50.0 Å². The van der Waals surface area contributed by atoms with Crippen molar-refractivity contribution < 1.29 is 9.84 Å². The van der Waals surface area contributed by atoms with Crippen LogP contribution in [0.3, 0.4) is 0 Å². The van der Waals surface area contributed by atoms with Crippen molar-refractivity contribution in [3.8, 4) is 0 Å². The van der Waals surface area contributed by atoms with E-state index < -0.39 is 0 Å². The number of rotatable bonds is 4. The van der Waals surface area contributed by atoms with Gasteiger partial charge in [0.05, 0.1) is 11.7 Å². The van der Waals surface area contributed by atoms with Crippen molar-refractivity contribution in [2.24, 2.45) is 5.92 Å². The van der Waals surface area contributed by atoms with Crippen LogP contribution in [0.15, 0.2) is 0 Å². The summed E-state index contributed by atoms with van der Waals surface area (Å²) < 4.78 is 5.99. The van der Waals surface area contributed by atoms with E-state index in [1.54, 1.807) is 0 Å². The minimum absolute atomic E-state index is 0.103. The molecule has 16 heavy (non-hydrogen) atoms. The highest BCUT2D eigenvalue weighted by Crippen LogP contribution is 2.43. The molecule has 2 fully saturated rings. The third-order valence-electron chi connectivity index (χ3n) is 4.21. The summed E-state index contributed by atoms with van der Waals surface area (Å²) in [6.07, 6.45) is 10.2. The first-order chi connectivity index (χ1) is 7.76. The molecular weight excluding hydrogens is 220 g/mol. The van der Waals surface area contributed by atoms with Crippen molar-refractivity contribution >= 4 is 11.8 Å². The highest BCUT2D eigenvalue weighted by atomic mass is 32.2. The van der Waals surface area contributed by atoms with Crippen LogP contribution in [0.1, 0.15) is 44.9 Å². The van der Waals surface area contributed by atoms with Crippen LogP contribution in [0, 0.1) is 5.92 Å². The second kappa shape index (κ2) is 5.74. The minimum atomic E-state index is -0.103. The summed E-state index contributed by atoms with van der Waals surface area (Å²) in [5.41, 5.74) is 0.156. The van der Waals surface area contributed by atoms with E-state index in [0.29, 0.717) is 5.92 Å². The van der Waals surface area contributed by atoms with Crippen LogP contribution in [-0.2, 0) is 4.74 Å². The summed E-state index contributed by atoms with van der Waals surface area (Å²) in [5, 5.41) is 10.2. The lowest BCUT2D eigenvalue weighted by atomic mass is 9.81. The van der Waals surface area contributed by atoms with Gasteiger partial charge >= 0.3 is 0 Å². The van der Waals surface area contributed by atoms with E-state index in [4.69, 9.17) is 4.74 Å². The molecule has 1 saturated carbocycles. The monoisotopic (exact) mass is 244 g/mol. The van der Waals surface area contributed by atoms with Crippen LogP contribution in [0.4, 0.5) is 0 Å². The van der Waals surface area contributed by atoms with Crippen LogP contribution in [0.25, 0.3) is 0 Å². The van der Waals surface area contributed by atoms with Crippen LogP contribution in [0.2, 0.25) is 0 Å². The van der Waals surface area contributed by atoms with E-state index in [2.05, 4.69) is 6.26 Å². The topological polar surface area (TPSA) is 29.5 Å². The lowest BCUT2D eigenvalue weighted by molar-refractivity contribution is -0.112. The van der Waals surface area contributed by atoms with Crippen molar-refractivity contribution in [2.45, 2.75) is 56.7 Å². The number of aliphatic hydroxyl groups is 1. The molecule has 0 aromatic heterocycles. The molecule has 1 N–H and O–H groups in total. The molecule has 3 heteroatoms. The maximum absolute atomic E-state index is 10.2. The third kappa shape index (κ3) is 2.93. The molecule has 2 atom stereocenters. The molecule has 0 radical (unpaired) electrons. The molecule has 1 aliphatic heterocycles. The molecule has 1 heterocycles. The van der Waals surface area contributed by atoms with E-state index in [9.17, 15) is 5.11 Å². The van der Waals surface area contributed by atoms with Gasteiger partial charge in [-0.3, -0.25) is 0 Å². The third-order valence-corrected chi connectivity index (χ3v) is 4.85. The average molecular weight is 244 g/mol. The van der Waals surface area contributed by atoms with Crippen LogP contribution in [-0.4, -0.2) is 35.4 Å². The van der Waals surface area contributed by atoms with E-state index in [1.807, 2.05) is 11.8 Å². The standard InChI is InChI=1S/C13H24O2S/c1-16-9-5-12(14)11-4-8-15-13(10-11)6-2-3-7-13/h11-12,14H,2-10H2,1H3. The van der Waals surface area contributed by atoms with E-state index in [-0.39, 0.29) is 11.7 Å². The molecule has 1 aliphatic carbocycles. The molecule has 0 amide bonds. The Bertz CT molecular complexity index is 214. The molecule has 2 unspecified atom stereocenters.